The summed E-state index contributed by atoms with van der Waals surface area (Å²) in [6, 6.07) is 24.5. The monoisotopic (exact) mass is 478 g/mol. The molecule has 0 aliphatic heterocycles. The van der Waals surface area contributed by atoms with Gasteiger partial charge in [-0.15, -0.1) is 11.3 Å². The summed E-state index contributed by atoms with van der Waals surface area (Å²) >= 11 is 1.46. The third-order valence-corrected chi connectivity index (χ3v) is 7.87. The SMILES string of the molecule is CCN(c1ccccc1)S(=O)(=O)c1ccc(C(=O)OCc2cnc(-c3ccccc3)s2)cc1. The number of rotatable bonds is 8. The van der Waals surface area contributed by atoms with Crippen LogP contribution in [0.4, 0.5) is 5.69 Å². The second-order valence-electron chi connectivity index (χ2n) is 7.10. The molecular weight excluding hydrogens is 456 g/mol. The predicted molar refractivity (Wildman–Crippen MR) is 130 cm³/mol. The summed E-state index contributed by atoms with van der Waals surface area (Å²) in [7, 11) is -3.75. The number of esters is 1. The van der Waals surface area contributed by atoms with Gasteiger partial charge in [-0.25, -0.2) is 18.2 Å². The Bertz CT molecular complexity index is 1320. The first-order chi connectivity index (χ1) is 16.0. The van der Waals surface area contributed by atoms with Gasteiger partial charge in [0.2, 0.25) is 0 Å². The van der Waals surface area contributed by atoms with Crippen molar-refractivity contribution in [1.82, 2.24) is 4.98 Å². The average Bonchev–Trinajstić information content (AvgIpc) is 3.33. The van der Waals surface area contributed by atoms with Crippen molar-refractivity contribution in [3.8, 4) is 10.6 Å². The van der Waals surface area contributed by atoms with Crippen molar-refractivity contribution < 1.29 is 17.9 Å². The molecule has 0 aliphatic rings. The summed E-state index contributed by atoms with van der Waals surface area (Å²) in [5, 5.41) is 0.857. The summed E-state index contributed by atoms with van der Waals surface area (Å²) in [5.41, 5.74) is 1.88. The molecule has 4 rings (SSSR count). The second-order valence-corrected chi connectivity index (χ2v) is 10.1. The van der Waals surface area contributed by atoms with Gasteiger partial charge in [-0.2, -0.15) is 0 Å². The number of carbonyl (C=O) groups is 1. The number of hydrogen-bond donors (Lipinski definition) is 0. The lowest BCUT2D eigenvalue weighted by molar-refractivity contribution is 0.0476. The largest absolute Gasteiger partial charge is 0.456 e. The van der Waals surface area contributed by atoms with Crippen LogP contribution >= 0.6 is 11.3 Å². The van der Waals surface area contributed by atoms with Crippen LogP contribution in [-0.4, -0.2) is 25.9 Å². The van der Waals surface area contributed by atoms with E-state index in [1.807, 2.05) is 36.4 Å². The molecule has 0 atom stereocenters. The summed E-state index contributed by atoms with van der Waals surface area (Å²) in [5.74, 6) is -0.524. The van der Waals surface area contributed by atoms with Gasteiger partial charge in [-0.3, -0.25) is 4.31 Å². The topological polar surface area (TPSA) is 76.6 Å². The standard InChI is InChI=1S/C25H22N2O4S2/c1-2-27(21-11-7-4-8-12-21)33(29,30)23-15-13-20(14-16-23)25(28)31-18-22-17-26-24(32-22)19-9-5-3-6-10-19/h3-17H,2,18H2,1H3. The third kappa shape index (κ3) is 5.13. The Hall–Kier alpha value is -3.49. The van der Waals surface area contributed by atoms with Crippen LogP contribution in [0.15, 0.2) is 96.0 Å². The third-order valence-electron chi connectivity index (χ3n) is 4.93. The predicted octanol–water partition coefficient (Wildman–Crippen LogP) is 5.38. The lowest BCUT2D eigenvalue weighted by Crippen LogP contribution is -2.30. The molecule has 4 aromatic rings. The van der Waals surface area contributed by atoms with Crippen LogP contribution in [0.2, 0.25) is 0 Å². The Kier molecular flexibility index (Phi) is 6.86. The van der Waals surface area contributed by atoms with Crippen LogP contribution in [-0.2, 0) is 21.4 Å². The Labute approximate surface area is 197 Å². The zero-order valence-corrected chi connectivity index (χ0v) is 19.6. The van der Waals surface area contributed by atoms with E-state index in [9.17, 15) is 13.2 Å². The highest BCUT2D eigenvalue weighted by atomic mass is 32.2. The van der Waals surface area contributed by atoms with Crippen LogP contribution in [0.3, 0.4) is 0 Å². The van der Waals surface area contributed by atoms with Crippen molar-refractivity contribution in [3.05, 3.63) is 102 Å². The van der Waals surface area contributed by atoms with E-state index in [1.54, 1.807) is 37.4 Å². The summed E-state index contributed by atoms with van der Waals surface area (Å²) in [4.78, 5) is 17.8. The fourth-order valence-corrected chi connectivity index (χ4v) is 5.59. The Balaban J connectivity index is 1.43. The zero-order valence-electron chi connectivity index (χ0n) is 17.9. The summed E-state index contributed by atoms with van der Waals surface area (Å²) in [6.45, 7) is 2.16. The van der Waals surface area contributed by atoms with Crippen molar-refractivity contribution in [2.75, 3.05) is 10.8 Å². The van der Waals surface area contributed by atoms with Crippen molar-refractivity contribution in [1.29, 1.82) is 0 Å². The maximum Gasteiger partial charge on any atom is 0.338 e. The minimum Gasteiger partial charge on any atom is -0.456 e. The lowest BCUT2D eigenvalue weighted by atomic mass is 10.2. The molecule has 0 saturated carbocycles. The number of nitrogens with zero attached hydrogens (tertiary/aromatic N) is 2. The average molecular weight is 479 g/mol. The van der Waals surface area contributed by atoms with E-state index < -0.39 is 16.0 Å². The molecule has 33 heavy (non-hydrogen) atoms. The van der Waals surface area contributed by atoms with Crippen molar-refractivity contribution in [3.63, 3.8) is 0 Å². The fraction of sp³-hybridized carbons (Fsp3) is 0.120. The highest BCUT2D eigenvalue weighted by Gasteiger charge is 2.24. The number of aromatic nitrogens is 1. The Morgan fingerprint density at radius 3 is 2.21 bits per heavy atom. The van der Waals surface area contributed by atoms with Gasteiger partial charge in [0, 0.05) is 18.3 Å². The Morgan fingerprint density at radius 1 is 0.939 bits per heavy atom. The van der Waals surface area contributed by atoms with Crippen molar-refractivity contribution in [2.24, 2.45) is 0 Å². The van der Waals surface area contributed by atoms with Gasteiger partial charge >= 0.3 is 5.97 Å². The van der Waals surface area contributed by atoms with E-state index in [4.69, 9.17) is 4.74 Å². The van der Waals surface area contributed by atoms with Crippen LogP contribution in [0.1, 0.15) is 22.2 Å². The first-order valence-electron chi connectivity index (χ1n) is 10.3. The number of ether oxygens (including phenoxy) is 1. The number of anilines is 1. The van der Waals surface area contributed by atoms with Gasteiger partial charge in [-0.05, 0) is 43.3 Å². The van der Waals surface area contributed by atoms with Crippen LogP contribution in [0.25, 0.3) is 10.6 Å². The molecule has 0 spiro atoms. The second kappa shape index (κ2) is 9.97. The molecule has 0 bridgehead atoms. The molecule has 0 N–H and O–H groups in total. The van der Waals surface area contributed by atoms with Gasteiger partial charge in [0.1, 0.15) is 11.6 Å². The quantitative estimate of drug-likeness (QED) is 0.318. The lowest BCUT2D eigenvalue weighted by Gasteiger charge is -2.22. The maximum absolute atomic E-state index is 13.1. The van der Waals surface area contributed by atoms with E-state index in [0.717, 1.165) is 15.4 Å². The molecule has 0 saturated heterocycles. The molecule has 8 heteroatoms. The van der Waals surface area contributed by atoms with Crippen molar-refractivity contribution in [2.45, 2.75) is 18.4 Å². The van der Waals surface area contributed by atoms with Gasteiger partial charge in [-0.1, -0.05) is 48.5 Å². The van der Waals surface area contributed by atoms with E-state index in [0.29, 0.717) is 5.69 Å². The van der Waals surface area contributed by atoms with Crippen LogP contribution in [0, 0.1) is 0 Å². The molecule has 1 aromatic heterocycles. The highest BCUT2D eigenvalue weighted by Crippen LogP contribution is 2.26. The first kappa shape index (κ1) is 22.7. The number of hydrogen-bond acceptors (Lipinski definition) is 6. The minimum absolute atomic E-state index is 0.0982. The normalized spacial score (nSPS) is 11.2. The molecule has 0 aliphatic carbocycles. The molecule has 6 nitrogen and oxygen atoms in total. The molecule has 3 aromatic carbocycles. The van der Waals surface area contributed by atoms with E-state index >= 15 is 0 Å². The van der Waals surface area contributed by atoms with Gasteiger partial charge < -0.3 is 4.74 Å². The molecule has 0 amide bonds. The Morgan fingerprint density at radius 2 is 1.58 bits per heavy atom. The molecule has 0 unspecified atom stereocenters. The number of para-hydroxylation sites is 1. The van der Waals surface area contributed by atoms with Crippen LogP contribution in [0.5, 0.6) is 0 Å². The fourth-order valence-electron chi connectivity index (χ4n) is 3.28. The maximum atomic E-state index is 13.1. The van der Waals surface area contributed by atoms with Gasteiger partial charge in [0.15, 0.2) is 0 Å². The zero-order chi connectivity index (χ0) is 23.3. The summed E-state index contributed by atoms with van der Waals surface area (Å²) in [6.07, 6.45) is 1.69. The molecular formula is C25H22N2O4S2. The van der Waals surface area contributed by atoms with E-state index in [2.05, 4.69) is 4.98 Å². The molecule has 0 radical (unpaired) electrons. The first-order valence-corrected chi connectivity index (χ1v) is 12.6. The molecule has 1 heterocycles. The number of carbonyl (C=O) groups excluding carboxylic acids is 1. The number of thiazole rings is 1. The van der Waals surface area contributed by atoms with E-state index in [1.165, 1.54) is 39.9 Å². The summed E-state index contributed by atoms with van der Waals surface area (Å²) < 4.78 is 32.9. The number of sulfonamides is 1. The number of benzene rings is 3. The van der Waals surface area contributed by atoms with Gasteiger partial charge in [0.25, 0.3) is 10.0 Å². The highest BCUT2D eigenvalue weighted by molar-refractivity contribution is 7.92. The van der Waals surface area contributed by atoms with Gasteiger partial charge in [0.05, 0.1) is 21.0 Å². The van der Waals surface area contributed by atoms with E-state index in [-0.39, 0.29) is 23.6 Å². The smallest absolute Gasteiger partial charge is 0.338 e. The van der Waals surface area contributed by atoms with Crippen molar-refractivity contribution >= 4 is 33.0 Å². The minimum atomic E-state index is -3.75. The molecule has 168 valence electrons. The van der Waals surface area contributed by atoms with Crippen LogP contribution < -0.4 is 4.31 Å². The molecule has 0 fully saturated rings.